The summed E-state index contributed by atoms with van der Waals surface area (Å²) in [5.41, 5.74) is 0.677. The maximum absolute atomic E-state index is 14.6. The highest BCUT2D eigenvalue weighted by Crippen LogP contribution is 2.30. The van der Waals surface area contributed by atoms with Crippen molar-refractivity contribution in [2.75, 3.05) is 5.32 Å². The normalized spacial score (nSPS) is 12.3. The topological polar surface area (TPSA) is 72.7 Å². The van der Waals surface area contributed by atoms with Gasteiger partial charge in [0.2, 0.25) is 0 Å². The molecule has 0 radical (unpaired) electrons. The van der Waals surface area contributed by atoms with E-state index in [1.165, 1.54) is 23.0 Å². The number of aromatic nitrogens is 4. The largest absolute Gasteiger partial charge is 0.363 e. The summed E-state index contributed by atoms with van der Waals surface area (Å²) in [6.45, 7) is 1.65. The summed E-state index contributed by atoms with van der Waals surface area (Å²) in [4.78, 5) is 25.2. The van der Waals surface area contributed by atoms with Gasteiger partial charge in [-0.15, -0.1) is 0 Å². The minimum atomic E-state index is -2.91. The van der Waals surface area contributed by atoms with Crippen LogP contribution in [0.15, 0.2) is 59.9 Å². The second-order valence-corrected chi connectivity index (χ2v) is 7.03. The van der Waals surface area contributed by atoms with Crippen LogP contribution in [0, 0.1) is 5.82 Å². The first-order valence-electron chi connectivity index (χ1n) is 9.46. The fraction of sp³-hybridized carbons (Fsp3) is 0.182. The van der Waals surface area contributed by atoms with Gasteiger partial charge in [-0.3, -0.25) is 14.3 Å². The smallest absolute Gasteiger partial charge is 0.266 e. The number of rotatable bonds is 5. The van der Waals surface area contributed by atoms with Crippen LogP contribution in [0.5, 0.6) is 0 Å². The Hall–Kier alpha value is -3.75. The van der Waals surface area contributed by atoms with E-state index in [1.54, 1.807) is 44.6 Å². The van der Waals surface area contributed by atoms with Crippen molar-refractivity contribution in [1.82, 2.24) is 19.5 Å². The highest BCUT2D eigenvalue weighted by atomic mass is 19.3. The van der Waals surface area contributed by atoms with Gasteiger partial charge in [0.05, 0.1) is 17.0 Å². The summed E-state index contributed by atoms with van der Waals surface area (Å²) in [5, 5.41) is 3.61. The third kappa shape index (κ3) is 3.74. The van der Waals surface area contributed by atoms with E-state index in [1.807, 2.05) is 0 Å². The molecule has 0 fully saturated rings. The van der Waals surface area contributed by atoms with E-state index in [2.05, 4.69) is 20.3 Å². The Morgan fingerprint density at radius 1 is 1.06 bits per heavy atom. The molecule has 0 aliphatic heterocycles. The highest BCUT2D eigenvalue weighted by Gasteiger charge is 2.21. The Labute approximate surface area is 175 Å². The molecule has 3 heterocycles. The first kappa shape index (κ1) is 20.5. The molecule has 0 saturated carbocycles. The third-order valence-corrected chi connectivity index (χ3v) is 5.11. The second-order valence-electron chi connectivity index (χ2n) is 7.03. The molecule has 0 aliphatic carbocycles. The molecule has 158 valence electrons. The van der Waals surface area contributed by atoms with Crippen molar-refractivity contribution in [1.29, 1.82) is 0 Å². The van der Waals surface area contributed by atoms with Crippen LogP contribution in [0.1, 0.15) is 30.5 Å². The average molecular weight is 425 g/mol. The van der Waals surface area contributed by atoms with Gasteiger partial charge < -0.3 is 5.32 Å². The van der Waals surface area contributed by atoms with E-state index in [9.17, 15) is 18.0 Å². The van der Waals surface area contributed by atoms with Gasteiger partial charge in [0.25, 0.3) is 12.0 Å². The van der Waals surface area contributed by atoms with Crippen molar-refractivity contribution < 1.29 is 13.2 Å². The molecule has 4 aromatic rings. The number of nitrogens with zero attached hydrogens (tertiary/aromatic N) is 4. The monoisotopic (exact) mass is 425 g/mol. The van der Waals surface area contributed by atoms with Crippen LogP contribution >= 0.6 is 0 Å². The van der Waals surface area contributed by atoms with Crippen LogP contribution in [-0.4, -0.2) is 19.5 Å². The SMILES string of the molecule is C[C@@H](Nc1ncnc2c1cc(-c1ccncc1)c(=O)n2C)c1cccc(C(F)F)c1F. The lowest BCUT2D eigenvalue weighted by Gasteiger charge is -2.19. The summed E-state index contributed by atoms with van der Waals surface area (Å²) in [7, 11) is 1.60. The van der Waals surface area contributed by atoms with Crippen LogP contribution < -0.4 is 10.9 Å². The molecule has 9 heteroatoms. The molecule has 3 aromatic heterocycles. The lowest BCUT2D eigenvalue weighted by atomic mass is 10.0. The number of benzene rings is 1. The minimum Gasteiger partial charge on any atom is -0.363 e. The van der Waals surface area contributed by atoms with Gasteiger partial charge in [0, 0.05) is 30.6 Å². The van der Waals surface area contributed by atoms with Gasteiger partial charge in [-0.2, -0.15) is 0 Å². The number of alkyl halides is 2. The van der Waals surface area contributed by atoms with Gasteiger partial charge in [-0.25, -0.2) is 23.1 Å². The summed E-state index contributed by atoms with van der Waals surface area (Å²) in [5.74, 6) is -0.606. The molecular weight excluding hydrogens is 407 g/mol. The number of fused-ring (bicyclic) bond motifs is 1. The van der Waals surface area contributed by atoms with Gasteiger partial charge in [-0.1, -0.05) is 18.2 Å². The van der Waals surface area contributed by atoms with Crippen molar-refractivity contribution in [3.63, 3.8) is 0 Å². The molecule has 1 atom stereocenters. The Balaban J connectivity index is 1.81. The number of anilines is 1. The molecule has 31 heavy (non-hydrogen) atoms. The zero-order valence-corrected chi connectivity index (χ0v) is 16.7. The van der Waals surface area contributed by atoms with E-state index < -0.39 is 23.8 Å². The van der Waals surface area contributed by atoms with Crippen LogP contribution in [0.4, 0.5) is 19.0 Å². The van der Waals surface area contributed by atoms with E-state index in [0.29, 0.717) is 28.0 Å². The van der Waals surface area contributed by atoms with Crippen molar-refractivity contribution in [2.45, 2.75) is 19.4 Å². The molecule has 0 saturated heterocycles. The summed E-state index contributed by atoms with van der Waals surface area (Å²) in [6.07, 6.45) is 1.54. The summed E-state index contributed by atoms with van der Waals surface area (Å²) in [6, 6.07) is 8.32. The Bertz CT molecular complexity index is 1310. The predicted octanol–water partition coefficient (Wildman–Crippen LogP) is 4.64. The average Bonchev–Trinajstić information content (AvgIpc) is 2.77. The Morgan fingerprint density at radius 2 is 1.77 bits per heavy atom. The van der Waals surface area contributed by atoms with Gasteiger partial charge in [0.1, 0.15) is 23.6 Å². The lowest BCUT2D eigenvalue weighted by molar-refractivity contribution is 0.146. The van der Waals surface area contributed by atoms with Crippen LogP contribution in [-0.2, 0) is 7.05 Å². The fourth-order valence-electron chi connectivity index (χ4n) is 3.48. The zero-order valence-electron chi connectivity index (χ0n) is 16.7. The summed E-state index contributed by atoms with van der Waals surface area (Å²) < 4.78 is 42.1. The molecule has 0 amide bonds. The number of hydrogen-bond acceptors (Lipinski definition) is 5. The molecule has 6 nitrogen and oxygen atoms in total. The maximum Gasteiger partial charge on any atom is 0.266 e. The zero-order chi connectivity index (χ0) is 22.1. The standard InChI is InChI=1S/C22H18F3N5O/c1-12(14-4-3-5-15(18(14)23)19(24)25)29-20-17-10-16(13-6-8-26-9-7-13)22(31)30(2)21(17)28-11-27-20/h3-12,19H,1-2H3,(H,27,28,29)/t12-/m1/s1. The number of pyridine rings is 2. The van der Waals surface area contributed by atoms with Crippen LogP contribution in [0.2, 0.25) is 0 Å². The molecule has 0 aliphatic rings. The van der Waals surface area contributed by atoms with E-state index in [-0.39, 0.29) is 11.1 Å². The number of aryl methyl sites for hydroxylation is 1. The molecule has 1 aromatic carbocycles. The van der Waals surface area contributed by atoms with Crippen LogP contribution in [0.3, 0.4) is 0 Å². The Kier molecular flexibility index (Phi) is 5.41. The first-order valence-corrected chi connectivity index (χ1v) is 9.46. The Morgan fingerprint density at radius 3 is 2.48 bits per heavy atom. The van der Waals surface area contributed by atoms with Crippen molar-refractivity contribution in [2.24, 2.45) is 7.05 Å². The van der Waals surface area contributed by atoms with Crippen molar-refractivity contribution in [3.05, 3.63) is 82.4 Å². The minimum absolute atomic E-state index is 0.0868. The molecule has 4 rings (SSSR count). The van der Waals surface area contributed by atoms with E-state index >= 15 is 0 Å². The third-order valence-electron chi connectivity index (χ3n) is 5.11. The quantitative estimate of drug-likeness (QED) is 0.504. The predicted molar refractivity (Wildman–Crippen MR) is 111 cm³/mol. The fourth-order valence-corrected chi connectivity index (χ4v) is 3.48. The van der Waals surface area contributed by atoms with Gasteiger partial charge >= 0.3 is 0 Å². The van der Waals surface area contributed by atoms with Crippen LogP contribution in [0.25, 0.3) is 22.2 Å². The van der Waals surface area contributed by atoms with Gasteiger partial charge in [-0.05, 0) is 30.7 Å². The molecular formula is C22H18F3N5O. The number of halogens is 3. The van der Waals surface area contributed by atoms with E-state index in [0.717, 1.165) is 6.07 Å². The highest BCUT2D eigenvalue weighted by molar-refractivity contribution is 5.90. The van der Waals surface area contributed by atoms with E-state index in [4.69, 9.17) is 0 Å². The maximum atomic E-state index is 14.6. The first-order chi connectivity index (χ1) is 14.9. The number of hydrogen-bond donors (Lipinski definition) is 1. The molecule has 0 spiro atoms. The molecule has 0 bridgehead atoms. The number of nitrogens with one attached hydrogen (secondary N) is 1. The lowest BCUT2D eigenvalue weighted by Crippen LogP contribution is -2.20. The van der Waals surface area contributed by atoms with Crippen molar-refractivity contribution in [3.8, 4) is 11.1 Å². The second kappa shape index (κ2) is 8.17. The molecule has 1 N–H and O–H groups in total. The summed E-state index contributed by atoms with van der Waals surface area (Å²) >= 11 is 0. The molecule has 0 unspecified atom stereocenters. The van der Waals surface area contributed by atoms with Crippen molar-refractivity contribution >= 4 is 16.9 Å². The van der Waals surface area contributed by atoms with Gasteiger partial charge in [0.15, 0.2) is 0 Å².